The zero-order chi connectivity index (χ0) is 13.8. The lowest BCUT2D eigenvalue weighted by Crippen LogP contribution is -2.11. The van der Waals surface area contributed by atoms with Gasteiger partial charge in [-0.3, -0.25) is 4.79 Å². The predicted octanol–water partition coefficient (Wildman–Crippen LogP) is 3.88. The summed E-state index contributed by atoms with van der Waals surface area (Å²) in [5.41, 5.74) is 1.79. The largest absolute Gasteiger partial charge is 0.495 e. The highest BCUT2D eigenvalue weighted by molar-refractivity contribution is 7.14. The maximum absolute atomic E-state index is 12.2. The number of nitrogens with one attached hydrogen (secondary N) is 1. The van der Waals surface area contributed by atoms with Crippen molar-refractivity contribution in [1.82, 2.24) is 0 Å². The van der Waals surface area contributed by atoms with Gasteiger partial charge in [0.2, 0.25) is 0 Å². The molecular weight excluding hydrogens is 258 g/mol. The van der Waals surface area contributed by atoms with E-state index in [4.69, 9.17) is 4.74 Å². The van der Waals surface area contributed by atoms with Crippen LogP contribution in [0.5, 0.6) is 5.75 Å². The van der Waals surface area contributed by atoms with Crippen molar-refractivity contribution in [3.05, 3.63) is 45.6 Å². The zero-order valence-electron chi connectivity index (χ0n) is 11.3. The summed E-state index contributed by atoms with van der Waals surface area (Å²) in [4.78, 5) is 14.1. The van der Waals surface area contributed by atoms with Crippen molar-refractivity contribution in [3.63, 3.8) is 0 Å². The van der Waals surface area contributed by atoms with Gasteiger partial charge in [-0.05, 0) is 43.2 Å². The molecule has 0 bridgehead atoms. The van der Waals surface area contributed by atoms with Crippen LogP contribution >= 0.6 is 11.3 Å². The van der Waals surface area contributed by atoms with Gasteiger partial charge >= 0.3 is 0 Å². The Morgan fingerprint density at radius 3 is 2.74 bits per heavy atom. The topological polar surface area (TPSA) is 38.3 Å². The molecule has 3 nitrogen and oxygen atoms in total. The van der Waals surface area contributed by atoms with E-state index >= 15 is 0 Å². The third-order valence-corrected chi connectivity index (χ3v) is 4.07. The fraction of sp³-hybridized carbons (Fsp3) is 0.267. The van der Waals surface area contributed by atoms with Gasteiger partial charge in [0.15, 0.2) is 0 Å². The maximum Gasteiger partial charge on any atom is 0.265 e. The number of rotatable bonds is 4. The van der Waals surface area contributed by atoms with Crippen LogP contribution in [0.3, 0.4) is 0 Å². The molecule has 0 radical (unpaired) electrons. The van der Waals surface area contributed by atoms with Crippen molar-refractivity contribution in [1.29, 1.82) is 0 Å². The Labute approximate surface area is 117 Å². The van der Waals surface area contributed by atoms with E-state index in [1.54, 1.807) is 7.11 Å². The van der Waals surface area contributed by atoms with Gasteiger partial charge in [-0.25, -0.2) is 0 Å². The summed E-state index contributed by atoms with van der Waals surface area (Å²) < 4.78 is 5.25. The zero-order valence-corrected chi connectivity index (χ0v) is 12.1. The number of methoxy groups -OCH3 is 1. The molecule has 0 atom stereocenters. The number of anilines is 1. The van der Waals surface area contributed by atoms with E-state index in [1.165, 1.54) is 16.2 Å². The number of carbonyl (C=O) groups excluding carboxylic acids is 1. The standard InChI is InChI=1S/C15H17NO2S/c1-4-11-6-8-14(19-11)15(17)16-12-9-10(2)5-7-13(12)18-3/h5-9H,4H2,1-3H3,(H,16,17). The Hall–Kier alpha value is -1.81. The third-order valence-electron chi connectivity index (χ3n) is 2.84. The maximum atomic E-state index is 12.2. The highest BCUT2D eigenvalue weighted by atomic mass is 32.1. The van der Waals surface area contributed by atoms with Crippen LogP contribution in [0, 0.1) is 6.92 Å². The number of thiophene rings is 1. The van der Waals surface area contributed by atoms with Crippen molar-refractivity contribution in [2.75, 3.05) is 12.4 Å². The number of ether oxygens (including phenoxy) is 1. The number of carbonyl (C=O) groups is 1. The average Bonchev–Trinajstić information content (AvgIpc) is 2.88. The van der Waals surface area contributed by atoms with Gasteiger partial charge in [-0.2, -0.15) is 0 Å². The van der Waals surface area contributed by atoms with Crippen LogP contribution < -0.4 is 10.1 Å². The molecule has 0 aliphatic heterocycles. The van der Waals surface area contributed by atoms with Gasteiger partial charge < -0.3 is 10.1 Å². The molecule has 0 aliphatic carbocycles. The van der Waals surface area contributed by atoms with E-state index in [-0.39, 0.29) is 5.91 Å². The minimum Gasteiger partial charge on any atom is -0.495 e. The van der Waals surface area contributed by atoms with Gasteiger partial charge in [-0.15, -0.1) is 11.3 Å². The predicted molar refractivity (Wildman–Crippen MR) is 79.4 cm³/mol. The second-order valence-corrected chi connectivity index (χ2v) is 5.45. The lowest BCUT2D eigenvalue weighted by molar-refractivity contribution is 0.103. The first kappa shape index (κ1) is 13.6. The Balaban J connectivity index is 2.20. The SMILES string of the molecule is CCc1ccc(C(=O)Nc2cc(C)ccc2OC)s1. The molecule has 4 heteroatoms. The summed E-state index contributed by atoms with van der Waals surface area (Å²) in [7, 11) is 1.60. The Morgan fingerprint density at radius 2 is 2.11 bits per heavy atom. The first-order valence-electron chi connectivity index (χ1n) is 6.18. The highest BCUT2D eigenvalue weighted by Gasteiger charge is 2.11. The van der Waals surface area contributed by atoms with Crippen molar-refractivity contribution in [2.45, 2.75) is 20.3 Å². The quantitative estimate of drug-likeness (QED) is 0.919. The molecule has 0 spiro atoms. The summed E-state index contributed by atoms with van der Waals surface area (Å²) in [5, 5.41) is 2.90. The molecule has 0 fully saturated rings. The Bertz CT molecular complexity index is 590. The second-order valence-electron chi connectivity index (χ2n) is 4.28. The van der Waals surface area contributed by atoms with Gasteiger partial charge in [-0.1, -0.05) is 13.0 Å². The molecule has 0 saturated heterocycles. The number of benzene rings is 1. The summed E-state index contributed by atoms with van der Waals surface area (Å²) in [6.45, 7) is 4.06. The molecule has 0 saturated carbocycles. The van der Waals surface area contributed by atoms with Gasteiger partial charge in [0.25, 0.3) is 5.91 Å². The first-order valence-corrected chi connectivity index (χ1v) is 7.00. The number of amides is 1. The van der Waals surface area contributed by atoms with Crippen LogP contribution in [0.25, 0.3) is 0 Å². The van der Waals surface area contributed by atoms with E-state index < -0.39 is 0 Å². The van der Waals surface area contributed by atoms with E-state index in [2.05, 4.69) is 12.2 Å². The lowest BCUT2D eigenvalue weighted by atomic mass is 10.2. The van der Waals surface area contributed by atoms with Crippen molar-refractivity contribution in [2.24, 2.45) is 0 Å². The van der Waals surface area contributed by atoms with Crippen LogP contribution in [0.2, 0.25) is 0 Å². The minimum atomic E-state index is -0.0893. The Kier molecular flexibility index (Phi) is 4.22. The molecule has 100 valence electrons. The minimum absolute atomic E-state index is 0.0893. The second kappa shape index (κ2) is 5.89. The average molecular weight is 275 g/mol. The van der Waals surface area contributed by atoms with Gasteiger partial charge in [0.05, 0.1) is 17.7 Å². The summed E-state index contributed by atoms with van der Waals surface area (Å²) in [5.74, 6) is 0.583. The summed E-state index contributed by atoms with van der Waals surface area (Å²) >= 11 is 1.53. The number of hydrogen-bond acceptors (Lipinski definition) is 3. The Morgan fingerprint density at radius 1 is 1.32 bits per heavy atom. The summed E-state index contributed by atoms with van der Waals surface area (Å²) in [6, 6.07) is 9.57. The van der Waals surface area contributed by atoms with Gasteiger partial charge in [0, 0.05) is 4.88 Å². The monoisotopic (exact) mass is 275 g/mol. The van der Waals surface area contributed by atoms with Crippen LogP contribution in [0.15, 0.2) is 30.3 Å². The molecule has 0 unspecified atom stereocenters. The molecule has 1 aromatic heterocycles. The lowest BCUT2D eigenvalue weighted by Gasteiger charge is -2.10. The highest BCUT2D eigenvalue weighted by Crippen LogP contribution is 2.26. The molecule has 1 amide bonds. The fourth-order valence-electron chi connectivity index (χ4n) is 1.79. The van der Waals surface area contributed by atoms with Crippen molar-refractivity contribution >= 4 is 22.9 Å². The molecule has 19 heavy (non-hydrogen) atoms. The molecule has 1 heterocycles. The molecular formula is C15H17NO2S. The van der Waals surface area contributed by atoms with E-state index in [1.807, 2.05) is 37.3 Å². The van der Waals surface area contributed by atoms with Gasteiger partial charge in [0.1, 0.15) is 5.75 Å². The molecule has 1 aromatic carbocycles. The summed E-state index contributed by atoms with van der Waals surface area (Å²) in [6.07, 6.45) is 0.950. The number of hydrogen-bond donors (Lipinski definition) is 1. The van der Waals surface area contributed by atoms with Crippen LogP contribution in [-0.4, -0.2) is 13.0 Å². The fourth-order valence-corrected chi connectivity index (χ4v) is 2.64. The van der Waals surface area contributed by atoms with Crippen molar-refractivity contribution < 1.29 is 9.53 Å². The van der Waals surface area contributed by atoms with Crippen LogP contribution in [0.4, 0.5) is 5.69 Å². The van der Waals surface area contributed by atoms with E-state index in [9.17, 15) is 4.79 Å². The van der Waals surface area contributed by atoms with E-state index in [0.717, 1.165) is 16.9 Å². The number of aryl methyl sites for hydroxylation is 2. The smallest absolute Gasteiger partial charge is 0.265 e. The van der Waals surface area contributed by atoms with Crippen LogP contribution in [-0.2, 0) is 6.42 Å². The molecule has 0 aliphatic rings. The normalized spacial score (nSPS) is 10.3. The van der Waals surface area contributed by atoms with Crippen LogP contribution in [0.1, 0.15) is 27.0 Å². The third kappa shape index (κ3) is 3.15. The molecule has 2 rings (SSSR count). The van der Waals surface area contributed by atoms with E-state index in [0.29, 0.717) is 11.4 Å². The van der Waals surface area contributed by atoms with Crippen molar-refractivity contribution in [3.8, 4) is 5.75 Å². The molecule has 1 N–H and O–H groups in total. The first-order chi connectivity index (χ1) is 9.13. The molecule has 2 aromatic rings.